The van der Waals surface area contributed by atoms with E-state index in [2.05, 4.69) is 16.5 Å². The molecule has 0 bridgehead atoms. The van der Waals surface area contributed by atoms with Crippen LogP contribution in [0.1, 0.15) is 11.1 Å². The molecule has 1 rings (SSSR count). The summed E-state index contributed by atoms with van der Waals surface area (Å²) in [7, 11) is 0. The molecule has 101 valence electrons. The van der Waals surface area contributed by atoms with Gasteiger partial charge in [-0.3, -0.25) is 9.59 Å². The minimum Gasteiger partial charge on any atom is -0.457 e. The van der Waals surface area contributed by atoms with Crippen LogP contribution in [0.25, 0.3) is 0 Å². The van der Waals surface area contributed by atoms with E-state index in [-0.39, 0.29) is 19.6 Å². The monoisotopic (exact) mass is 266 g/mol. The van der Waals surface area contributed by atoms with E-state index in [1.807, 2.05) is 0 Å². The summed E-state index contributed by atoms with van der Waals surface area (Å²) in [5, 5.41) is 9.13. The third-order valence-electron chi connectivity index (χ3n) is 2.10. The predicted octanol–water partition coefficient (Wildman–Crippen LogP) is 0.884. The largest absolute Gasteiger partial charge is 0.457 e. The molecule has 0 saturated carbocycles. The summed E-state index contributed by atoms with van der Waals surface area (Å²) in [6.07, 6.45) is 0.0175. The average Bonchev–Trinajstić information content (AvgIpc) is 2.35. The Kier molecular flexibility index (Phi) is 5.46. The normalized spacial score (nSPS) is 9.74. The van der Waals surface area contributed by atoms with Crippen molar-refractivity contribution in [2.75, 3.05) is 6.61 Å². The molecular formula is C12H12NO6. The lowest BCUT2D eigenvalue weighted by atomic mass is 10.1. The van der Waals surface area contributed by atoms with Gasteiger partial charge in [-0.15, -0.1) is 10.1 Å². The number of nitrogens with zero attached hydrogens (tertiary/aromatic N) is 1. The second kappa shape index (κ2) is 7.10. The highest BCUT2D eigenvalue weighted by Crippen LogP contribution is 2.07. The van der Waals surface area contributed by atoms with Crippen molar-refractivity contribution in [1.29, 1.82) is 0 Å². The highest BCUT2D eigenvalue weighted by atomic mass is 16.9. The highest BCUT2D eigenvalue weighted by molar-refractivity contribution is 5.85. The van der Waals surface area contributed by atoms with E-state index in [1.54, 1.807) is 24.3 Å². The maximum Gasteiger partial charge on any atom is 0.310 e. The number of ether oxygens (including phenoxy) is 1. The molecule has 1 aromatic carbocycles. The first kappa shape index (κ1) is 14.6. The third-order valence-corrected chi connectivity index (χ3v) is 2.10. The van der Waals surface area contributed by atoms with Crippen molar-refractivity contribution in [3.8, 4) is 0 Å². The summed E-state index contributed by atoms with van der Waals surface area (Å²) < 4.78 is 4.65. The van der Waals surface area contributed by atoms with Crippen LogP contribution in [0.2, 0.25) is 0 Å². The first-order valence-electron chi connectivity index (χ1n) is 5.33. The van der Waals surface area contributed by atoms with Gasteiger partial charge in [-0.05, 0) is 11.1 Å². The van der Waals surface area contributed by atoms with Crippen molar-refractivity contribution in [3.05, 3.63) is 52.4 Å². The molecule has 19 heavy (non-hydrogen) atoms. The molecule has 1 radical (unpaired) electrons. The Morgan fingerprint density at radius 2 is 1.79 bits per heavy atom. The van der Waals surface area contributed by atoms with E-state index in [0.717, 1.165) is 0 Å². The Morgan fingerprint density at radius 3 is 2.32 bits per heavy atom. The maximum absolute atomic E-state index is 11.3. The number of carbonyl (C=O) groups excluding carboxylic acids is 2. The molecular weight excluding hydrogens is 254 g/mol. The van der Waals surface area contributed by atoms with Crippen molar-refractivity contribution in [2.24, 2.45) is 0 Å². The van der Waals surface area contributed by atoms with Crippen molar-refractivity contribution in [2.45, 2.75) is 13.0 Å². The molecule has 0 heterocycles. The van der Waals surface area contributed by atoms with Gasteiger partial charge in [0.05, 0.1) is 6.42 Å². The van der Waals surface area contributed by atoms with E-state index in [4.69, 9.17) is 0 Å². The Labute approximate surface area is 109 Å². The quantitative estimate of drug-likeness (QED) is 0.413. The molecule has 0 N–H and O–H groups in total. The van der Waals surface area contributed by atoms with Gasteiger partial charge in [0.15, 0.2) is 5.78 Å². The van der Waals surface area contributed by atoms with Gasteiger partial charge in [0.2, 0.25) is 0 Å². The highest BCUT2D eigenvalue weighted by Gasteiger charge is 2.06. The fourth-order valence-corrected chi connectivity index (χ4v) is 1.26. The Morgan fingerprint density at radius 1 is 1.21 bits per heavy atom. The fourth-order valence-electron chi connectivity index (χ4n) is 1.26. The predicted molar refractivity (Wildman–Crippen MR) is 63.3 cm³/mol. The van der Waals surface area contributed by atoms with Crippen LogP contribution in [-0.4, -0.2) is 23.4 Å². The molecule has 0 amide bonds. The summed E-state index contributed by atoms with van der Waals surface area (Å²) in [5.41, 5.74) is 1.29. The van der Waals surface area contributed by atoms with E-state index in [1.165, 1.54) is 0 Å². The van der Waals surface area contributed by atoms with E-state index < -0.39 is 16.8 Å². The molecule has 0 aliphatic heterocycles. The molecule has 0 spiro atoms. The first-order chi connectivity index (χ1) is 8.97. The van der Waals surface area contributed by atoms with Crippen LogP contribution >= 0.6 is 0 Å². The zero-order valence-electron chi connectivity index (χ0n) is 10.0. The van der Waals surface area contributed by atoms with Gasteiger partial charge >= 0.3 is 5.97 Å². The minimum atomic E-state index is -0.874. The first-order valence-corrected chi connectivity index (χ1v) is 5.33. The second-order valence-corrected chi connectivity index (χ2v) is 3.69. The zero-order valence-corrected chi connectivity index (χ0v) is 10.0. The van der Waals surface area contributed by atoms with Crippen molar-refractivity contribution in [3.63, 3.8) is 0 Å². The molecule has 0 aliphatic carbocycles. The van der Waals surface area contributed by atoms with Crippen LogP contribution in [0.5, 0.6) is 0 Å². The van der Waals surface area contributed by atoms with Gasteiger partial charge in [0.25, 0.3) is 5.09 Å². The second-order valence-electron chi connectivity index (χ2n) is 3.69. The van der Waals surface area contributed by atoms with Gasteiger partial charge in [-0.1, -0.05) is 24.3 Å². The number of carbonyl (C=O) groups is 2. The number of rotatable bonds is 7. The molecule has 0 unspecified atom stereocenters. The lowest BCUT2D eigenvalue weighted by Gasteiger charge is -2.04. The van der Waals surface area contributed by atoms with Crippen molar-refractivity contribution < 1.29 is 24.3 Å². The Balaban J connectivity index is 2.45. The fraction of sp³-hybridized carbons (Fsp3) is 0.250. The summed E-state index contributed by atoms with van der Waals surface area (Å²) >= 11 is 0. The van der Waals surface area contributed by atoms with Crippen LogP contribution in [0.15, 0.2) is 24.3 Å². The minimum absolute atomic E-state index is 0.0175. The number of esters is 1. The zero-order chi connectivity index (χ0) is 14.3. The smallest absolute Gasteiger partial charge is 0.310 e. The Bertz CT molecular complexity index is 468. The average molecular weight is 266 g/mol. The molecule has 0 aromatic heterocycles. The van der Waals surface area contributed by atoms with Gasteiger partial charge in [0.1, 0.15) is 13.2 Å². The molecule has 0 saturated heterocycles. The molecule has 0 fully saturated rings. The summed E-state index contributed by atoms with van der Waals surface area (Å²) in [6, 6.07) is 6.48. The SMILES string of the molecule is [CH2]C(=O)COC(=O)Cc1ccc(CO[N+](=O)[O-])cc1. The summed E-state index contributed by atoms with van der Waals surface area (Å²) in [5.74, 6) is -1.01. The maximum atomic E-state index is 11.3. The van der Waals surface area contributed by atoms with Crippen molar-refractivity contribution >= 4 is 11.8 Å². The number of hydrogen-bond donors (Lipinski definition) is 0. The molecule has 0 aliphatic rings. The van der Waals surface area contributed by atoms with Crippen LogP contribution in [0, 0.1) is 17.0 Å². The standard InChI is InChI=1S/C12H12NO6/c1-9(14)7-18-12(15)6-10-2-4-11(5-3-10)8-19-13(16)17/h2-5H,1,6-8H2. The van der Waals surface area contributed by atoms with Gasteiger partial charge in [0, 0.05) is 6.92 Å². The van der Waals surface area contributed by atoms with Crippen molar-refractivity contribution in [1.82, 2.24) is 0 Å². The van der Waals surface area contributed by atoms with E-state index in [9.17, 15) is 19.7 Å². The van der Waals surface area contributed by atoms with Crippen LogP contribution < -0.4 is 0 Å². The lowest BCUT2D eigenvalue weighted by Crippen LogP contribution is -2.13. The summed E-state index contributed by atoms with van der Waals surface area (Å²) in [6.45, 7) is 2.59. The number of hydrogen-bond acceptors (Lipinski definition) is 6. The third kappa shape index (κ3) is 6.16. The van der Waals surface area contributed by atoms with Gasteiger partial charge in [-0.25, -0.2) is 0 Å². The van der Waals surface area contributed by atoms with Crippen LogP contribution in [0.3, 0.4) is 0 Å². The molecule has 1 aromatic rings. The van der Waals surface area contributed by atoms with Crippen LogP contribution in [-0.2, 0) is 32.2 Å². The molecule has 7 heteroatoms. The molecule has 7 nitrogen and oxygen atoms in total. The Hall–Kier alpha value is -2.44. The van der Waals surface area contributed by atoms with E-state index in [0.29, 0.717) is 11.1 Å². The topological polar surface area (TPSA) is 95.7 Å². The number of ketones is 1. The van der Waals surface area contributed by atoms with Gasteiger partial charge < -0.3 is 9.57 Å². The van der Waals surface area contributed by atoms with Crippen LogP contribution in [0.4, 0.5) is 0 Å². The lowest BCUT2D eigenvalue weighted by molar-refractivity contribution is -0.763. The number of Topliss-reactive ketones (excluding diaryl/α,β-unsaturated/α-hetero) is 1. The molecule has 0 atom stereocenters. The van der Waals surface area contributed by atoms with E-state index >= 15 is 0 Å². The summed E-state index contributed by atoms with van der Waals surface area (Å²) in [4.78, 5) is 36.0. The van der Waals surface area contributed by atoms with Gasteiger partial charge in [-0.2, -0.15) is 0 Å². The number of benzene rings is 1.